The van der Waals surface area contributed by atoms with Gasteiger partial charge in [0.1, 0.15) is 0 Å². The van der Waals surface area contributed by atoms with Crippen LogP contribution in [0.4, 0.5) is 51.2 Å². The van der Waals surface area contributed by atoms with E-state index < -0.39 is 0 Å². The second-order valence-corrected chi connectivity index (χ2v) is 43.4. The molecular weight excluding hydrogens is 1870 g/mol. The molecule has 23 aromatic carbocycles. The molecule has 0 N–H and O–H groups in total. The molecule has 29 aromatic rings. The lowest BCUT2D eigenvalue weighted by Crippen LogP contribution is -2.10. The number of nitrogens with zero attached hydrogens (tertiary/aromatic N) is 3. The predicted molar refractivity (Wildman–Crippen MR) is 636 cm³/mol. The Labute approximate surface area is 863 Å². The highest BCUT2D eigenvalue weighted by Crippen LogP contribution is 2.49. The van der Waals surface area contributed by atoms with Crippen molar-refractivity contribution >= 4 is 251 Å². The average Bonchev–Trinajstić information content (AvgIpc) is 1.71. The van der Waals surface area contributed by atoms with E-state index in [1.807, 2.05) is 68.0 Å². The Morgan fingerprint density at radius 3 is 0.531 bits per heavy atom. The lowest BCUT2D eigenvalue weighted by atomic mass is 10.0. The summed E-state index contributed by atoms with van der Waals surface area (Å²) in [5, 5.41) is 18.4. The van der Waals surface area contributed by atoms with Gasteiger partial charge in [-0.3, -0.25) is 0 Å². The Kier molecular flexibility index (Phi) is 22.5. The summed E-state index contributed by atoms with van der Waals surface area (Å²) in [6.45, 7) is 0. The molecule has 0 bridgehead atoms. The molecule has 0 aliphatic carbocycles. The van der Waals surface area contributed by atoms with E-state index in [9.17, 15) is 0 Å². The first-order chi connectivity index (χ1) is 71.8. The number of benzene rings is 23. The monoisotopic (exact) mass is 1950 g/mol. The molecule has 0 aliphatic rings. The van der Waals surface area contributed by atoms with Gasteiger partial charge in [-0.1, -0.05) is 315 Å². The number of rotatable bonds is 16. The van der Waals surface area contributed by atoms with Gasteiger partial charge in [0.15, 0.2) is 0 Å². The first-order valence-electron chi connectivity index (χ1n) is 49.0. The van der Waals surface area contributed by atoms with Crippen LogP contribution in [0.5, 0.6) is 0 Å². The second-order valence-electron chi connectivity index (χ2n) is 36.9. The van der Waals surface area contributed by atoms with E-state index in [0.29, 0.717) is 0 Å². The number of fused-ring (bicyclic) bond motifs is 19. The maximum atomic E-state index is 2.39. The molecule has 0 aliphatic heterocycles. The third kappa shape index (κ3) is 16.6. The fourth-order valence-electron chi connectivity index (χ4n) is 21.0. The third-order valence-electron chi connectivity index (χ3n) is 28.3. The van der Waals surface area contributed by atoms with Crippen LogP contribution in [0.25, 0.3) is 210 Å². The summed E-state index contributed by atoms with van der Waals surface area (Å²) < 4.78 is 16.0. The largest absolute Gasteiger partial charge is 0.311 e. The number of hydrogen-bond acceptors (Lipinski definition) is 9. The van der Waals surface area contributed by atoms with Gasteiger partial charge in [0, 0.05) is 172 Å². The van der Waals surface area contributed by atoms with Crippen LogP contribution in [0.3, 0.4) is 0 Å². The lowest BCUT2D eigenvalue weighted by Gasteiger charge is -2.27. The van der Waals surface area contributed by atoms with Crippen molar-refractivity contribution in [1.29, 1.82) is 0 Å². The number of anilines is 9. The molecule has 3 nitrogen and oxygen atoms in total. The molecule has 682 valence electrons. The normalized spacial score (nSPS) is 11.6. The Bertz CT molecular complexity index is 9450. The minimum absolute atomic E-state index is 1.12. The summed E-state index contributed by atoms with van der Waals surface area (Å²) in [5.41, 5.74) is 27.3. The highest BCUT2D eigenvalue weighted by atomic mass is 32.1. The van der Waals surface area contributed by atoms with E-state index in [2.05, 4.69) is 542 Å². The predicted octanol–water partition coefficient (Wildman–Crippen LogP) is 42.5. The van der Waals surface area contributed by atoms with Gasteiger partial charge in [-0.25, -0.2) is 0 Å². The molecule has 6 heterocycles. The van der Waals surface area contributed by atoms with Crippen molar-refractivity contribution in [2.24, 2.45) is 0 Å². The zero-order valence-corrected chi connectivity index (χ0v) is 83.4. The molecule has 0 unspecified atom stereocenters. The zero-order valence-electron chi connectivity index (χ0n) is 78.5. The maximum absolute atomic E-state index is 2.39. The molecule has 145 heavy (non-hydrogen) atoms. The Morgan fingerprint density at radius 2 is 0.276 bits per heavy atom. The lowest BCUT2D eigenvalue weighted by molar-refractivity contribution is 1.28. The summed E-state index contributed by atoms with van der Waals surface area (Å²) in [6, 6.07) is 193. The zero-order chi connectivity index (χ0) is 95.8. The Balaban J connectivity index is 0.000000108. The van der Waals surface area contributed by atoms with Crippen LogP contribution in [0.2, 0.25) is 0 Å². The molecule has 0 saturated carbocycles. The van der Waals surface area contributed by atoms with Gasteiger partial charge in [-0.05, 0) is 296 Å². The smallest absolute Gasteiger partial charge is 0.0540 e. The van der Waals surface area contributed by atoms with E-state index in [-0.39, 0.29) is 0 Å². The molecule has 0 atom stereocenters. The SMILES string of the molecule is c1ccc(-c2ccc(N(c3ccc(-c4ccc5sc6ccccc6c5c4)cc3)c3ccc(-c4ccc5sc6ccccc6c5c4)cc3)cc2)cc1.c1ccc(N(c2ccc(-c3ccc4sc5ccccc5c4c3)cc2)c2ccc(-c3ccc4sc5ccccc5c4c3)cc2)cc1.c1ccc2c(N(c3ccc(-c4ccc5sc6ccccc6c5c4)cc3)c3ccc(-c4ccc5sc6ccccc6c5c4)cc3)cccc2c1. The highest BCUT2D eigenvalue weighted by molar-refractivity contribution is 7.28. The van der Waals surface area contributed by atoms with Gasteiger partial charge in [-0.2, -0.15) is 0 Å². The van der Waals surface area contributed by atoms with Gasteiger partial charge >= 0.3 is 0 Å². The van der Waals surface area contributed by atoms with Crippen LogP contribution in [0.1, 0.15) is 0 Å². The van der Waals surface area contributed by atoms with Gasteiger partial charge in [0.05, 0.1) is 5.69 Å². The van der Waals surface area contributed by atoms with Crippen LogP contribution in [0.15, 0.2) is 528 Å². The molecular formula is C136H87N3S6. The Hall–Kier alpha value is -17.0. The molecule has 0 amide bonds. The van der Waals surface area contributed by atoms with Crippen molar-refractivity contribution in [3.8, 4) is 77.9 Å². The van der Waals surface area contributed by atoms with E-state index in [1.165, 1.54) is 210 Å². The van der Waals surface area contributed by atoms with Crippen molar-refractivity contribution in [1.82, 2.24) is 0 Å². The van der Waals surface area contributed by atoms with E-state index in [0.717, 1.165) is 51.2 Å². The summed E-state index contributed by atoms with van der Waals surface area (Å²) in [6.07, 6.45) is 0. The quantitative estimate of drug-likeness (QED) is 0.0955. The summed E-state index contributed by atoms with van der Waals surface area (Å²) in [4.78, 5) is 7.08. The van der Waals surface area contributed by atoms with E-state index in [4.69, 9.17) is 0 Å². The number of para-hydroxylation sites is 1. The number of hydrogen-bond donors (Lipinski definition) is 0. The maximum Gasteiger partial charge on any atom is 0.0540 e. The van der Waals surface area contributed by atoms with E-state index >= 15 is 0 Å². The highest BCUT2D eigenvalue weighted by Gasteiger charge is 2.23. The molecule has 6 aromatic heterocycles. The van der Waals surface area contributed by atoms with Crippen LogP contribution in [0, 0.1) is 0 Å². The molecule has 0 fully saturated rings. The van der Waals surface area contributed by atoms with Crippen LogP contribution >= 0.6 is 68.0 Å². The van der Waals surface area contributed by atoms with Gasteiger partial charge in [0.2, 0.25) is 0 Å². The standard InChI is InChI=1S/C48H31NS2.C46H29NS2.C42H27NS2/c1-2-8-32(9-3-1)33-14-22-38(23-15-33)49(39-24-16-34(17-25-39)36-20-28-47-43(30-36)41-10-4-6-12-45(41)50-47)40-26-18-35(19-27-40)37-21-29-48-44(31-37)42-11-5-7-13-46(42)51-48;1-2-10-37-32(8-1)9-7-13-42(37)47(35-22-16-30(17-23-35)33-20-26-45-40(28-33)38-11-3-5-14-43(38)48-45)36-24-18-31(19-25-36)34-21-27-46-41(29-34)39-12-4-6-15-44(39)49-46;1-2-8-32(9-3-1)43(33-20-14-28(15-21-33)30-18-24-41-37(26-30)35-10-4-6-12-39(35)44-41)34-22-16-29(17-23-34)31-19-25-42-38(27-31)36-11-5-7-13-40(36)45-42/h1-31H;1-29H;1-27H. The minimum atomic E-state index is 1.12. The van der Waals surface area contributed by atoms with Crippen molar-refractivity contribution < 1.29 is 0 Å². The van der Waals surface area contributed by atoms with Crippen molar-refractivity contribution in [2.45, 2.75) is 0 Å². The summed E-state index contributed by atoms with van der Waals surface area (Å²) in [5.74, 6) is 0. The van der Waals surface area contributed by atoms with Crippen molar-refractivity contribution in [3.05, 3.63) is 528 Å². The first-order valence-corrected chi connectivity index (χ1v) is 53.9. The fraction of sp³-hybridized carbons (Fsp3) is 0. The van der Waals surface area contributed by atoms with Gasteiger partial charge < -0.3 is 14.7 Å². The molecule has 0 spiro atoms. The average molecular weight is 1960 g/mol. The third-order valence-corrected chi connectivity index (χ3v) is 35.2. The summed E-state index contributed by atoms with van der Waals surface area (Å²) in [7, 11) is 0. The molecule has 0 radical (unpaired) electrons. The van der Waals surface area contributed by atoms with Crippen LogP contribution < -0.4 is 14.7 Å². The van der Waals surface area contributed by atoms with Gasteiger partial charge in [-0.15, -0.1) is 68.0 Å². The van der Waals surface area contributed by atoms with Gasteiger partial charge in [0.25, 0.3) is 0 Å². The van der Waals surface area contributed by atoms with E-state index in [1.54, 1.807) is 0 Å². The topological polar surface area (TPSA) is 9.72 Å². The minimum Gasteiger partial charge on any atom is -0.311 e. The first kappa shape index (κ1) is 87.1. The molecule has 29 rings (SSSR count). The number of thiophene rings is 6. The molecule has 9 heteroatoms. The fourth-order valence-corrected chi connectivity index (χ4v) is 27.5. The van der Waals surface area contributed by atoms with Crippen LogP contribution in [-0.2, 0) is 0 Å². The summed E-state index contributed by atoms with van der Waals surface area (Å²) >= 11 is 11.2. The Morgan fingerprint density at radius 1 is 0.103 bits per heavy atom. The molecule has 0 saturated heterocycles. The second kappa shape index (κ2) is 37.5. The van der Waals surface area contributed by atoms with Crippen LogP contribution in [-0.4, -0.2) is 0 Å². The van der Waals surface area contributed by atoms with Crippen molar-refractivity contribution in [2.75, 3.05) is 14.7 Å². The van der Waals surface area contributed by atoms with Crippen molar-refractivity contribution in [3.63, 3.8) is 0 Å².